The molecule has 1 N–H and O–H groups in total. The fourth-order valence-corrected chi connectivity index (χ4v) is 4.36. The van der Waals surface area contributed by atoms with Gasteiger partial charge < -0.3 is 24.9 Å². The SMILES string of the molecule is CCNC(=NCCN1CCCN(C)CC1)N1CC(=O)N(C(C)C)C(C)(C)C1. The largest absolute Gasteiger partial charge is 0.357 e. The van der Waals surface area contributed by atoms with Crippen LogP contribution in [0.5, 0.6) is 0 Å². The quantitative estimate of drug-likeness (QED) is 0.568. The van der Waals surface area contributed by atoms with Crippen LogP contribution in [0.2, 0.25) is 0 Å². The summed E-state index contributed by atoms with van der Waals surface area (Å²) in [5.74, 6) is 1.05. The molecule has 0 unspecified atom stereocenters. The molecule has 156 valence electrons. The average molecular weight is 381 g/mol. The van der Waals surface area contributed by atoms with Crippen LogP contribution in [-0.4, -0.2) is 109 Å². The molecule has 2 aliphatic rings. The molecule has 0 aromatic rings. The molecule has 0 aromatic heterocycles. The number of hydrogen-bond donors (Lipinski definition) is 1. The van der Waals surface area contributed by atoms with Gasteiger partial charge in [-0.1, -0.05) is 0 Å². The van der Waals surface area contributed by atoms with E-state index in [0.717, 1.165) is 51.8 Å². The maximum absolute atomic E-state index is 12.7. The maximum atomic E-state index is 12.7. The third-order valence-electron chi connectivity index (χ3n) is 5.47. The van der Waals surface area contributed by atoms with Gasteiger partial charge in [-0.2, -0.15) is 0 Å². The molecule has 0 aromatic carbocycles. The van der Waals surface area contributed by atoms with Crippen molar-refractivity contribution in [3.8, 4) is 0 Å². The van der Waals surface area contributed by atoms with E-state index in [1.807, 2.05) is 4.90 Å². The van der Waals surface area contributed by atoms with E-state index in [2.05, 4.69) is 61.7 Å². The number of hydrogen-bond acceptors (Lipinski definition) is 4. The van der Waals surface area contributed by atoms with Crippen molar-refractivity contribution in [3.05, 3.63) is 0 Å². The number of rotatable bonds is 5. The first-order valence-corrected chi connectivity index (χ1v) is 10.5. The van der Waals surface area contributed by atoms with Crippen LogP contribution in [-0.2, 0) is 4.79 Å². The second-order valence-electron chi connectivity index (χ2n) is 8.76. The van der Waals surface area contributed by atoms with E-state index in [0.29, 0.717) is 6.54 Å². The highest BCUT2D eigenvalue weighted by Crippen LogP contribution is 2.24. The lowest BCUT2D eigenvalue weighted by atomic mass is 9.96. The first kappa shape index (κ1) is 22.0. The first-order valence-electron chi connectivity index (χ1n) is 10.5. The lowest BCUT2D eigenvalue weighted by Crippen LogP contribution is -2.66. The first-order chi connectivity index (χ1) is 12.7. The zero-order valence-electron chi connectivity index (χ0n) is 18.3. The van der Waals surface area contributed by atoms with Gasteiger partial charge in [-0.3, -0.25) is 9.79 Å². The lowest BCUT2D eigenvalue weighted by Gasteiger charge is -2.49. The van der Waals surface area contributed by atoms with Gasteiger partial charge >= 0.3 is 0 Å². The fourth-order valence-electron chi connectivity index (χ4n) is 4.36. The summed E-state index contributed by atoms with van der Waals surface area (Å²) < 4.78 is 0. The molecule has 2 fully saturated rings. The highest BCUT2D eigenvalue weighted by atomic mass is 16.2. The number of likely N-dealkylation sites (N-methyl/N-ethyl adjacent to an activating group) is 1. The Hall–Kier alpha value is -1.34. The van der Waals surface area contributed by atoms with Gasteiger partial charge in [0.1, 0.15) is 0 Å². The number of carbonyl (C=O) groups is 1. The maximum Gasteiger partial charge on any atom is 0.242 e. The van der Waals surface area contributed by atoms with Crippen molar-refractivity contribution in [3.63, 3.8) is 0 Å². The van der Waals surface area contributed by atoms with Crippen molar-refractivity contribution in [1.29, 1.82) is 0 Å². The molecule has 0 saturated carbocycles. The van der Waals surface area contributed by atoms with Crippen molar-refractivity contribution in [2.45, 2.75) is 52.6 Å². The molecule has 2 heterocycles. The molecule has 0 atom stereocenters. The summed E-state index contributed by atoms with van der Waals surface area (Å²) in [5.41, 5.74) is -0.199. The predicted octanol–water partition coefficient (Wildman–Crippen LogP) is 0.921. The Kier molecular flexibility index (Phi) is 7.91. The molecule has 1 amide bonds. The van der Waals surface area contributed by atoms with Crippen LogP contribution < -0.4 is 5.32 Å². The van der Waals surface area contributed by atoms with Crippen LogP contribution in [0.3, 0.4) is 0 Å². The Morgan fingerprint density at radius 2 is 1.96 bits per heavy atom. The minimum Gasteiger partial charge on any atom is -0.357 e. The third-order valence-corrected chi connectivity index (χ3v) is 5.47. The van der Waals surface area contributed by atoms with Crippen LogP contribution in [0, 0.1) is 0 Å². The van der Waals surface area contributed by atoms with Crippen LogP contribution >= 0.6 is 0 Å². The summed E-state index contributed by atoms with van der Waals surface area (Å²) in [6.45, 7) is 18.9. The number of nitrogens with zero attached hydrogens (tertiary/aromatic N) is 5. The van der Waals surface area contributed by atoms with Crippen molar-refractivity contribution in [2.24, 2.45) is 4.99 Å². The van der Waals surface area contributed by atoms with E-state index < -0.39 is 0 Å². The number of nitrogens with one attached hydrogen (secondary N) is 1. The Morgan fingerprint density at radius 3 is 2.59 bits per heavy atom. The summed E-state index contributed by atoms with van der Waals surface area (Å²) in [6, 6.07) is 0.218. The second-order valence-corrected chi connectivity index (χ2v) is 8.76. The molecule has 0 bridgehead atoms. The van der Waals surface area contributed by atoms with Crippen molar-refractivity contribution < 1.29 is 4.79 Å². The van der Waals surface area contributed by atoms with Crippen molar-refractivity contribution >= 4 is 11.9 Å². The zero-order valence-corrected chi connectivity index (χ0v) is 18.3. The van der Waals surface area contributed by atoms with Gasteiger partial charge in [-0.15, -0.1) is 0 Å². The monoisotopic (exact) mass is 380 g/mol. The summed E-state index contributed by atoms with van der Waals surface area (Å²) in [5, 5.41) is 3.39. The molecule has 2 rings (SSSR count). The smallest absolute Gasteiger partial charge is 0.242 e. The highest BCUT2D eigenvalue weighted by Gasteiger charge is 2.40. The molecule has 0 radical (unpaired) electrons. The van der Waals surface area contributed by atoms with E-state index in [9.17, 15) is 4.79 Å². The Morgan fingerprint density at radius 1 is 1.22 bits per heavy atom. The number of guanidine groups is 1. The van der Waals surface area contributed by atoms with Crippen LogP contribution in [0.1, 0.15) is 41.0 Å². The van der Waals surface area contributed by atoms with E-state index in [4.69, 9.17) is 4.99 Å². The summed E-state index contributed by atoms with van der Waals surface area (Å²) in [7, 11) is 2.19. The fraction of sp³-hybridized carbons (Fsp3) is 0.900. The Labute approximate surface area is 165 Å². The second kappa shape index (κ2) is 9.73. The Balaban J connectivity index is 1.99. The van der Waals surface area contributed by atoms with Gasteiger partial charge in [0.15, 0.2) is 5.96 Å². The van der Waals surface area contributed by atoms with Gasteiger partial charge in [-0.25, -0.2) is 0 Å². The summed E-state index contributed by atoms with van der Waals surface area (Å²) in [4.78, 5) is 26.6. The minimum absolute atomic E-state index is 0.183. The van der Waals surface area contributed by atoms with E-state index in [1.165, 1.54) is 13.0 Å². The Bertz CT molecular complexity index is 519. The predicted molar refractivity (Wildman–Crippen MR) is 112 cm³/mol. The minimum atomic E-state index is -0.199. The molecule has 2 saturated heterocycles. The van der Waals surface area contributed by atoms with Crippen LogP contribution in [0.4, 0.5) is 0 Å². The lowest BCUT2D eigenvalue weighted by molar-refractivity contribution is -0.145. The van der Waals surface area contributed by atoms with Crippen molar-refractivity contribution in [1.82, 2.24) is 24.9 Å². The number of aliphatic imine (C=N–C) groups is 1. The van der Waals surface area contributed by atoms with Crippen molar-refractivity contribution in [2.75, 3.05) is 66.0 Å². The van der Waals surface area contributed by atoms with E-state index in [1.54, 1.807) is 0 Å². The molecule has 0 aliphatic carbocycles. The third kappa shape index (κ3) is 6.07. The standard InChI is InChI=1S/C20H40N6O/c1-7-21-19(22-9-12-24-11-8-10-23(6)13-14-24)25-15-18(27)26(17(2)3)20(4,5)16-25/h17H,7-16H2,1-6H3,(H,21,22). The summed E-state index contributed by atoms with van der Waals surface area (Å²) in [6.07, 6.45) is 1.22. The average Bonchev–Trinajstić information content (AvgIpc) is 2.76. The molecule has 7 heteroatoms. The molecule has 7 nitrogen and oxygen atoms in total. The van der Waals surface area contributed by atoms with E-state index in [-0.39, 0.29) is 17.5 Å². The van der Waals surface area contributed by atoms with Gasteiger partial charge in [0.05, 0.1) is 18.6 Å². The highest BCUT2D eigenvalue weighted by molar-refractivity contribution is 5.88. The van der Waals surface area contributed by atoms with Gasteiger partial charge in [0.2, 0.25) is 5.91 Å². The number of carbonyl (C=O) groups excluding carboxylic acids is 1. The molecular formula is C20H40N6O. The molecule has 27 heavy (non-hydrogen) atoms. The van der Waals surface area contributed by atoms with Gasteiger partial charge in [0, 0.05) is 38.8 Å². The van der Waals surface area contributed by atoms with Crippen LogP contribution in [0.25, 0.3) is 0 Å². The normalized spacial score (nSPS) is 23.1. The van der Waals surface area contributed by atoms with E-state index >= 15 is 0 Å². The van der Waals surface area contributed by atoms with Gasteiger partial charge in [0.25, 0.3) is 0 Å². The zero-order chi connectivity index (χ0) is 20.0. The number of amides is 1. The van der Waals surface area contributed by atoms with Gasteiger partial charge in [-0.05, 0) is 61.2 Å². The summed E-state index contributed by atoms with van der Waals surface area (Å²) >= 11 is 0. The van der Waals surface area contributed by atoms with Crippen LogP contribution in [0.15, 0.2) is 4.99 Å². The number of piperazine rings is 1. The molecule has 2 aliphatic heterocycles. The molecular weight excluding hydrogens is 340 g/mol. The topological polar surface area (TPSA) is 54.4 Å². The molecule has 0 spiro atoms.